The zero-order valence-corrected chi connectivity index (χ0v) is 15.0. The lowest BCUT2D eigenvalue weighted by Gasteiger charge is -2.42. The zero-order valence-electron chi connectivity index (χ0n) is 15.0. The third-order valence-corrected chi connectivity index (χ3v) is 4.96. The molecule has 4 nitrogen and oxygen atoms in total. The molecule has 2 aromatic rings. The van der Waals surface area contributed by atoms with E-state index in [-0.39, 0.29) is 11.2 Å². The van der Waals surface area contributed by atoms with Crippen molar-refractivity contribution in [2.75, 3.05) is 14.2 Å². The Morgan fingerprint density at radius 3 is 2.16 bits per heavy atom. The van der Waals surface area contributed by atoms with Crippen LogP contribution in [0.25, 0.3) is 11.1 Å². The predicted octanol–water partition coefficient (Wildman–Crippen LogP) is 3.50. The van der Waals surface area contributed by atoms with Crippen LogP contribution in [0.2, 0.25) is 0 Å². The SMILES string of the molecule is COc1ccc(-c2ccc([NH+]([O-])C3(C)C=CCC(OC)C3)cc2)cc1. The number of hydrogen-bond acceptors (Lipinski definition) is 3. The van der Waals surface area contributed by atoms with Crippen LogP contribution in [-0.2, 0) is 4.74 Å². The van der Waals surface area contributed by atoms with Gasteiger partial charge in [-0.2, -0.15) is 0 Å². The number of hydrogen-bond donors (Lipinski definition) is 1. The molecule has 0 heterocycles. The molecule has 0 amide bonds. The average Bonchev–Trinajstić information content (AvgIpc) is 2.67. The largest absolute Gasteiger partial charge is 0.628 e. The maximum atomic E-state index is 13.0. The number of quaternary nitrogens is 1. The highest BCUT2D eigenvalue weighted by molar-refractivity contribution is 5.65. The number of methoxy groups -OCH3 is 2. The molecule has 2 aromatic carbocycles. The van der Waals surface area contributed by atoms with Gasteiger partial charge >= 0.3 is 0 Å². The van der Waals surface area contributed by atoms with Crippen LogP contribution in [0.15, 0.2) is 60.7 Å². The molecule has 3 unspecified atom stereocenters. The minimum absolute atomic E-state index is 0.109. The van der Waals surface area contributed by atoms with Crippen molar-refractivity contribution in [2.45, 2.75) is 31.4 Å². The molecule has 3 rings (SSSR count). The number of hydroxylamine groups is 1. The first kappa shape index (κ1) is 17.7. The predicted molar refractivity (Wildman–Crippen MR) is 100.0 cm³/mol. The van der Waals surface area contributed by atoms with E-state index in [0.717, 1.165) is 35.4 Å². The summed E-state index contributed by atoms with van der Waals surface area (Å²) in [6.45, 7) is 1.99. The first-order valence-electron chi connectivity index (χ1n) is 8.55. The normalized spacial score (nSPS) is 24.1. The van der Waals surface area contributed by atoms with Gasteiger partial charge in [0.05, 0.1) is 13.2 Å². The fourth-order valence-corrected chi connectivity index (χ4v) is 3.38. The summed E-state index contributed by atoms with van der Waals surface area (Å²) in [5, 5.41) is 13.1. The van der Waals surface area contributed by atoms with Crippen molar-refractivity contribution in [3.63, 3.8) is 0 Å². The molecule has 0 aliphatic heterocycles. The first-order chi connectivity index (χ1) is 12.1. The van der Waals surface area contributed by atoms with Crippen molar-refractivity contribution in [1.29, 1.82) is 0 Å². The molecule has 0 spiro atoms. The summed E-state index contributed by atoms with van der Waals surface area (Å²) < 4.78 is 10.6. The van der Waals surface area contributed by atoms with Crippen molar-refractivity contribution >= 4 is 5.69 Å². The molecule has 0 saturated carbocycles. The Labute approximate surface area is 149 Å². The van der Waals surface area contributed by atoms with Gasteiger partial charge in [0.2, 0.25) is 0 Å². The van der Waals surface area contributed by atoms with E-state index in [0.29, 0.717) is 0 Å². The number of ether oxygens (including phenoxy) is 2. The zero-order chi connectivity index (χ0) is 17.9. The molecule has 0 radical (unpaired) electrons. The van der Waals surface area contributed by atoms with E-state index in [2.05, 4.69) is 6.08 Å². The van der Waals surface area contributed by atoms with Crippen molar-refractivity contribution < 1.29 is 14.5 Å². The second-order valence-corrected chi connectivity index (χ2v) is 6.75. The van der Waals surface area contributed by atoms with Gasteiger partial charge in [0.15, 0.2) is 0 Å². The molecule has 1 aliphatic rings. The van der Waals surface area contributed by atoms with Crippen molar-refractivity contribution in [1.82, 2.24) is 0 Å². The fourth-order valence-electron chi connectivity index (χ4n) is 3.38. The Kier molecular flexibility index (Phi) is 5.23. The fraction of sp³-hybridized carbons (Fsp3) is 0.333. The van der Waals surface area contributed by atoms with Gasteiger partial charge in [-0.1, -0.05) is 18.2 Å². The van der Waals surface area contributed by atoms with Gasteiger partial charge in [0.25, 0.3) is 0 Å². The summed E-state index contributed by atoms with van der Waals surface area (Å²) in [6.07, 6.45) is 5.79. The molecular formula is C21H25NO3. The Morgan fingerprint density at radius 1 is 1.00 bits per heavy atom. The summed E-state index contributed by atoms with van der Waals surface area (Å²) in [5.74, 6) is 0.834. The van der Waals surface area contributed by atoms with E-state index in [1.54, 1.807) is 14.2 Å². The highest BCUT2D eigenvalue weighted by atomic mass is 16.5. The van der Waals surface area contributed by atoms with Gasteiger partial charge in [-0.25, -0.2) is 0 Å². The van der Waals surface area contributed by atoms with E-state index in [1.807, 2.05) is 61.5 Å². The van der Waals surface area contributed by atoms with Crippen LogP contribution in [0.5, 0.6) is 5.75 Å². The topological polar surface area (TPSA) is 46.0 Å². The van der Waals surface area contributed by atoms with Crippen LogP contribution in [0.3, 0.4) is 0 Å². The molecule has 3 atom stereocenters. The molecule has 25 heavy (non-hydrogen) atoms. The maximum Gasteiger partial charge on any atom is 0.131 e. The Bertz CT molecular complexity index is 724. The molecule has 132 valence electrons. The molecule has 1 aliphatic carbocycles. The van der Waals surface area contributed by atoms with Gasteiger partial charge in [0, 0.05) is 13.5 Å². The third kappa shape index (κ3) is 3.76. The van der Waals surface area contributed by atoms with Gasteiger partial charge in [-0.05, 0) is 66.9 Å². The van der Waals surface area contributed by atoms with Crippen molar-refractivity contribution in [3.8, 4) is 16.9 Å². The summed E-state index contributed by atoms with van der Waals surface area (Å²) in [4.78, 5) is 0. The Hall–Kier alpha value is -2.14. The van der Waals surface area contributed by atoms with E-state index in [9.17, 15) is 5.21 Å². The average molecular weight is 339 g/mol. The second kappa shape index (κ2) is 7.40. The Balaban J connectivity index is 1.79. The number of rotatable bonds is 5. The lowest BCUT2D eigenvalue weighted by molar-refractivity contribution is -0.829. The third-order valence-electron chi connectivity index (χ3n) is 4.96. The summed E-state index contributed by atoms with van der Waals surface area (Å²) in [7, 11) is 3.36. The molecule has 0 saturated heterocycles. The molecule has 0 fully saturated rings. The lowest BCUT2D eigenvalue weighted by Crippen LogP contribution is -3.11. The van der Waals surface area contributed by atoms with Crippen molar-refractivity contribution in [2.24, 2.45) is 0 Å². The van der Waals surface area contributed by atoms with Crippen LogP contribution >= 0.6 is 0 Å². The summed E-state index contributed by atoms with van der Waals surface area (Å²) in [6, 6.07) is 15.7. The highest BCUT2D eigenvalue weighted by Crippen LogP contribution is 2.25. The molecular weight excluding hydrogens is 314 g/mol. The maximum absolute atomic E-state index is 13.0. The van der Waals surface area contributed by atoms with E-state index in [4.69, 9.17) is 9.47 Å². The van der Waals surface area contributed by atoms with Gasteiger partial charge in [-0.15, -0.1) is 0 Å². The van der Waals surface area contributed by atoms with Crippen molar-refractivity contribution in [3.05, 3.63) is 65.9 Å². The highest BCUT2D eigenvalue weighted by Gasteiger charge is 2.35. The second-order valence-electron chi connectivity index (χ2n) is 6.75. The monoisotopic (exact) mass is 339 g/mol. The van der Waals surface area contributed by atoms with Gasteiger partial charge < -0.3 is 19.7 Å². The molecule has 4 heteroatoms. The van der Waals surface area contributed by atoms with Crippen LogP contribution in [-0.4, -0.2) is 25.9 Å². The first-order valence-corrected chi connectivity index (χ1v) is 8.55. The van der Waals surface area contributed by atoms with Gasteiger partial charge in [0.1, 0.15) is 17.0 Å². The van der Waals surface area contributed by atoms with Crippen LogP contribution in [0.4, 0.5) is 5.69 Å². The van der Waals surface area contributed by atoms with Crippen LogP contribution in [0, 0.1) is 5.21 Å². The van der Waals surface area contributed by atoms with E-state index in [1.165, 1.54) is 0 Å². The van der Waals surface area contributed by atoms with E-state index >= 15 is 0 Å². The van der Waals surface area contributed by atoms with E-state index < -0.39 is 5.54 Å². The van der Waals surface area contributed by atoms with Crippen LogP contribution in [0.1, 0.15) is 19.8 Å². The standard InChI is InChI=1S/C21H25NO3/c1-21(14-4-5-20(15-21)25-3)22(23)18-10-6-16(7-11-18)17-8-12-19(24-2)13-9-17/h4,6-14,20,22H,5,15H2,1-3H3. The van der Waals surface area contributed by atoms with Gasteiger partial charge in [-0.3, -0.25) is 0 Å². The number of nitrogens with one attached hydrogen (secondary N) is 1. The minimum Gasteiger partial charge on any atom is -0.628 e. The summed E-state index contributed by atoms with van der Waals surface area (Å²) >= 11 is 0. The molecule has 1 N–H and O–H groups in total. The smallest absolute Gasteiger partial charge is 0.131 e. The molecule has 0 aromatic heterocycles. The Morgan fingerprint density at radius 2 is 1.60 bits per heavy atom. The number of benzene rings is 2. The minimum atomic E-state index is -0.499. The van der Waals surface area contributed by atoms with Crippen LogP contribution < -0.4 is 9.80 Å². The molecule has 0 bridgehead atoms. The quantitative estimate of drug-likeness (QED) is 0.670. The summed E-state index contributed by atoms with van der Waals surface area (Å²) in [5.41, 5.74) is 2.42. The lowest BCUT2D eigenvalue weighted by atomic mass is 9.86.